The summed E-state index contributed by atoms with van der Waals surface area (Å²) >= 11 is 0. The molecule has 6 heteroatoms. The number of carbonyl (C=O) groups is 3. The monoisotopic (exact) mass is 304 g/mol. The highest BCUT2D eigenvalue weighted by Crippen LogP contribution is 2.27. The van der Waals surface area contributed by atoms with Crippen LogP contribution >= 0.6 is 0 Å². The lowest BCUT2D eigenvalue weighted by atomic mass is 10.1. The first-order valence-electron chi connectivity index (χ1n) is 7.06. The van der Waals surface area contributed by atoms with E-state index >= 15 is 0 Å². The van der Waals surface area contributed by atoms with Gasteiger partial charge < -0.3 is 9.64 Å². The summed E-state index contributed by atoms with van der Waals surface area (Å²) in [6, 6.07) is 5.77. The fourth-order valence-electron chi connectivity index (χ4n) is 2.31. The predicted octanol–water partition coefficient (Wildman–Crippen LogP) is 2.43. The summed E-state index contributed by atoms with van der Waals surface area (Å²) in [5.41, 5.74) is 0.0293. The van der Waals surface area contributed by atoms with Crippen LogP contribution in [0.2, 0.25) is 0 Å². The van der Waals surface area contributed by atoms with E-state index in [1.165, 1.54) is 11.8 Å². The van der Waals surface area contributed by atoms with Gasteiger partial charge in [-0.1, -0.05) is 12.1 Å². The van der Waals surface area contributed by atoms with Crippen molar-refractivity contribution in [2.24, 2.45) is 0 Å². The number of fused-ring (bicyclic) bond motifs is 1. The zero-order valence-corrected chi connectivity index (χ0v) is 13.4. The number of amides is 3. The number of carbonyl (C=O) groups excluding carboxylic acids is 3. The Labute approximate surface area is 129 Å². The van der Waals surface area contributed by atoms with Gasteiger partial charge in [0.25, 0.3) is 5.91 Å². The second-order valence-corrected chi connectivity index (χ2v) is 6.25. The van der Waals surface area contributed by atoms with Gasteiger partial charge in [0.05, 0.1) is 11.3 Å². The third-order valence-electron chi connectivity index (χ3n) is 3.38. The molecule has 0 N–H and O–H groups in total. The molecule has 1 heterocycles. The molecule has 1 atom stereocenters. The molecular weight excluding hydrogens is 284 g/mol. The summed E-state index contributed by atoms with van der Waals surface area (Å²) in [5, 5.41) is 0. The molecule has 2 rings (SSSR count). The van der Waals surface area contributed by atoms with Gasteiger partial charge in [-0.25, -0.2) is 9.69 Å². The maximum Gasteiger partial charge on any atom is 0.418 e. The van der Waals surface area contributed by atoms with Crippen molar-refractivity contribution in [1.29, 1.82) is 0 Å². The fourth-order valence-corrected chi connectivity index (χ4v) is 2.31. The molecule has 22 heavy (non-hydrogen) atoms. The first-order valence-corrected chi connectivity index (χ1v) is 7.06. The molecule has 0 fully saturated rings. The van der Waals surface area contributed by atoms with Crippen LogP contribution in [0, 0.1) is 0 Å². The standard InChI is InChI=1S/C16H20N2O4/c1-10-13(19)17(5)12-9-7-6-8-11(12)14(20)18(10)15(21)22-16(2,3)4/h6-10H,1-5H3/t10-/m0/s1. The SMILES string of the molecule is C[C@H]1C(=O)N(C)c2ccccc2C(=O)N1C(=O)OC(C)(C)C. The number of hydrogen-bond acceptors (Lipinski definition) is 4. The number of anilines is 1. The minimum absolute atomic E-state index is 0.300. The molecule has 1 aromatic carbocycles. The zero-order chi connectivity index (χ0) is 16.7. The third-order valence-corrected chi connectivity index (χ3v) is 3.38. The molecule has 1 aliphatic heterocycles. The summed E-state index contributed by atoms with van der Waals surface area (Å²) in [5.74, 6) is -0.876. The molecule has 0 bridgehead atoms. The van der Waals surface area contributed by atoms with Gasteiger partial charge in [0.15, 0.2) is 0 Å². The Morgan fingerprint density at radius 1 is 1.18 bits per heavy atom. The van der Waals surface area contributed by atoms with Gasteiger partial charge in [-0.3, -0.25) is 9.59 Å². The number of nitrogens with zero attached hydrogens (tertiary/aromatic N) is 2. The minimum atomic E-state index is -0.931. The molecule has 1 aromatic rings. The number of para-hydroxylation sites is 1. The molecule has 0 spiro atoms. The van der Waals surface area contributed by atoms with Crippen molar-refractivity contribution in [3.8, 4) is 0 Å². The predicted molar refractivity (Wildman–Crippen MR) is 81.7 cm³/mol. The molecule has 118 valence electrons. The summed E-state index contributed by atoms with van der Waals surface area (Å²) in [6.45, 7) is 6.64. The smallest absolute Gasteiger partial charge is 0.418 e. The number of likely N-dealkylation sites (N-methyl/N-ethyl adjacent to an activating group) is 1. The third kappa shape index (κ3) is 2.81. The van der Waals surface area contributed by atoms with Gasteiger partial charge in [-0.15, -0.1) is 0 Å². The summed E-state index contributed by atoms with van der Waals surface area (Å²) in [6.07, 6.45) is -0.816. The van der Waals surface area contributed by atoms with Gasteiger partial charge in [-0.2, -0.15) is 0 Å². The Morgan fingerprint density at radius 2 is 1.77 bits per heavy atom. The molecular formula is C16H20N2O4. The molecule has 3 amide bonds. The zero-order valence-electron chi connectivity index (χ0n) is 13.4. The number of hydrogen-bond donors (Lipinski definition) is 0. The number of imide groups is 1. The van der Waals surface area contributed by atoms with E-state index in [-0.39, 0.29) is 5.91 Å². The van der Waals surface area contributed by atoms with Crippen LogP contribution in [-0.2, 0) is 9.53 Å². The molecule has 0 saturated heterocycles. The van der Waals surface area contributed by atoms with E-state index in [4.69, 9.17) is 4.74 Å². The van der Waals surface area contributed by atoms with Crippen LogP contribution in [0.25, 0.3) is 0 Å². The van der Waals surface area contributed by atoms with Crippen molar-refractivity contribution in [3.05, 3.63) is 29.8 Å². The van der Waals surface area contributed by atoms with Gasteiger partial charge in [0.1, 0.15) is 11.6 Å². The van der Waals surface area contributed by atoms with Crippen molar-refractivity contribution < 1.29 is 19.1 Å². The lowest BCUT2D eigenvalue weighted by molar-refractivity contribution is -0.122. The van der Waals surface area contributed by atoms with Crippen LogP contribution in [0.15, 0.2) is 24.3 Å². The Morgan fingerprint density at radius 3 is 2.36 bits per heavy atom. The number of benzene rings is 1. The van der Waals surface area contributed by atoms with Crippen LogP contribution < -0.4 is 4.90 Å². The van der Waals surface area contributed by atoms with E-state index in [1.807, 2.05) is 0 Å². The van der Waals surface area contributed by atoms with Crippen LogP contribution in [0.5, 0.6) is 0 Å². The molecule has 6 nitrogen and oxygen atoms in total. The van der Waals surface area contributed by atoms with E-state index < -0.39 is 23.6 Å². The summed E-state index contributed by atoms with van der Waals surface area (Å²) < 4.78 is 5.27. The molecule has 1 aliphatic rings. The van der Waals surface area contributed by atoms with Gasteiger partial charge in [-0.05, 0) is 39.8 Å². The first kappa shape index (κ1) is 16.0. The fraction of sp³-hybridized carbons (Fsp3) is 0.438. The van der Waals surface area contributed by atoms with Gasteiger partial charge in [0.2, 0.25) is 5.91 Å². The van der Waals surface area contributed by atoms with Crippen LogP contribution in [0.3, 0.4) is 0 Å². The normalized spacial score (nSPS) is 18.9. The lowest BCUT2D eigenvalue weighted by Crippen LogP contribution is -2.50. The average molecular weight is 304 g/mol. The van der Waals surface area contributed by atoms with Crippen LogP contribution in [0.4, 0.5) is 10.5 Å². The van der Waals surface area contributed by atoms with E-state index in [1.54, 1.807) is 52.1 Å². The quantitative estimate of drug-likeness (QED) is 0.738. The lowest BCUT2D eigenvalue weighted by Gasteiger charge is -2.28. The molecule has 0 radical (unpaired) electrons. The number of ether oxygens (including phenoxy) is 1. The maximum atomic E-state index is 12.7. The van der Waals surface area contributed by atoms with Crippen LogP contribution in [-0.4, -0.2) is 41.5 Å². The largest absolute Gasteiger partial charge is 0.443 e. The second kappa shape index (κ2) is 5.44. The Balaban J connectivity index is 2.49. The maximum absolute atomic E-state index is 12.7. The molecule has 0 aromatic heterocycles. The number of rotatable bonds is 0. The highest BCUT2D eigenvalue weighted by Gasteiger charge is 2.40. The first-order chi connectivity index (χ1) is 10.1. The second-order valence-electron chi connectivity index (χ2n) is 6.25. The molecule has 0 aliphatic carbocycles. The summed E-state index contributed by atoms with van der Waals surface area (Å²) in [7, 11) is 1.59. The molecule has 0 saturated carbocycles. The van der Waals surface area contributed by atoms with E-state index in [0.717, 1.165) is 4.90 Å². The summed E-state index contributed by atoms with van der Waals surface area (Å²) in [4.78, 5) is 39.8. The van der Waals surface area contributed by atoms with Crippen LogP contribution in [0.1, 0.15) is 38.1 Å². The van der Waals surface area contributed by atoms with E-state index in [9.17, 15) is 14.4 Å². The highest BCUT2D eigenvalue weighted by atomic mass is 16.6. The van der Waals surface area contributed by atoms with Crippen molar-refractivity contribution in [2.45, 2.75) is 39.3 Å². The minimum Gasteiger partial charge on any atom is -0.443 e. The van der Waals surface area contributed by atoms with Gasteiger partial charge >= 0.3 is 6.09 Å². The van der Waals surface area contributed by atoms with Crippen molar-refractivity contribution >= 4 is 23.6 Å². The van der Waals surface area contributed by atoms with E-state index in [0.29, 0.717) is 11.3 Å². The Kier molecular flexibility index (Phi) is 3.96. The van der Waals surface area contributed by atoms with E-state index in [2.05, 4.69) is 0 Å². The molecule has 0 unspecified atom stereocenters. The van der Waals surface area contributed by atoms with Gasteiger partial charge in [0, 0.05) is 7.05 Å². The van der Waals surface area contributed by atoms with Crippen molar-refractivity contribution in [3.63, 3.8) is 0 Å². The Hall–Kier alpha value is -2.37. The average Bonchev–Trinajstić information content (AvgIpc) is 2.49. The highest BCUT2D eigenvalue weighted by molar-refractivity contribution is 6.15. The van der Waals surface area contributed by atoms with Crippen molar-refractivity contribution in [2.75, 3.05) is 11.9 Å². The van der Waals surface area contributed by atoms with Crippen molar-refractivity contribution in [1.82, 2.24) is 4.90 Å². The topological polar surface area (TPSA) is 66.9 Å². The Bertz CT molecular complexity index is 633.